The van der Waals surface area contributed by atoms with Gasteiger partial charge in [0.15, 0.2) is 10.9 Å². The molecule has 2 aromatic carbocycles. The predicted molar refractivity (Wildman–Crippen MR) is 132 cm³/mol. The summed E-state index contributed by atoms with van der Waals surface area (Å²) in [5, 5.41) is 4.25. The normalized spacial score (nSPS) is 11.9. The molecule has 0 radical (unpaired) electrons. The highest BCUT2D eigenvalue weighted by atomic mass is 32.2. The zero-order chi connectivity index (χ0) is 24.3. The second-order valence-electron chi connectivity index (χ2n) is 7.82. The van der Waals surface area contributed by atoms with E-state index in [0.29, 0.717) is 22.2 Å². The van der Waals surface area contributed by atoms with E-state index in [0.717, 1.165) is 10.9 Å². The average Bonchev–Trinajstić information content (AvgIpc) is 3.22. The third kappa shape index (κ3) is 4.98. The Bertz CT molecular complexity index is 1400. The van der Waals surface area contributed by atoms with Gasteiger partial charge in [-0.15, -0.1) is 0 Å². The van der Waals surface area contributed by atoms with Gasteiger partial charge in [0.1, 0.15) is 5.58 Å². The Morgan fingerprint density at radius 1 is 1.06 bits per heavy atom. The summed E-state index contributed by atoms with van der Waals surface area (Å²) in [7, 11) is -2.07. The molecule has 1 amide bonds. The number of anilines is 1. The summed E-state index contributed by atoms with van der Waals surface area (Å²) in [4.78, 5) is 21.7. The molecule has 0 spiro atoms. The van der Waals surface area contributed by atoms with Crippen molar-refractivity contribution in [3.05, 3.63) is 78.3 Å². The van der Waals surface area contributed by atoms with E-state index in [1.807, 2.05) is 24.3 Å². The fraction of sp³-hybridized carbons (Fsp3) is 0.208. The largest absolute Gasteiger partial charge is 0.451 e. The van der Waals surface area contributed by atoms with Crippen LogP contribution in [0.2, 0.25) is 0 Å². The third-order valence-electron chi connectivity index (χ3n) is 5.31. The molecule has 0 aliphatic carbocycles. The Kier molecular flexibility index (Phi) is 7.01. The summed E-state index contributed by atoms with van der Waals surface area (Å²) in [5.74, 6) is 0.222. The summed E-state index contributed by atoms with van der Waals surface area (Å²) < 4.78 is 32.5. The van der Waals surface area contributed by atoms with E-state index in [-0.39, 0.29) is 16.7 Å². The standard InChI is InChI=1S/C24H24N4O4S2/c1-16(2)28(3)34(30,31)18-11-9-17(10-12-18)27-23(29)22-20(15-33-24-25-13-6-14-26-24)19-7-4-5-8-21(19)32-22/h4-14,16H,15H2,1-3H3,(H,27,29). The van der Waals surface area contributed by atoms with E-state index in [2.05, 4.69) is 15.3 Å². The highest BCUT2D eigenvalue weighted by Gasteiger charge is 2.24. The minimum atomic E-state index is -3.61. The molecule has 0 atom stereocenters. The van der Waals surface area contributed by atoms with E-state index in [9.17, 15) is 13.2 Å². The number of hydrogen-bond acceptors (Lipinski definition) is 7. The van der Waals surface area contributed by atoms with Crippen LogP contribution in [-0.4, -0.2) is 41.7 Å². The number of aromatic nitrogens is 2. The van der Waals surface area contributed by atoms with Crippen molar-refractivity contribution in [2.75, 3.05) is 12.4 Å². The van der Waals surface area contributed by atoms with E-state index in [1.54, 1.807) is 44.4 Å². The zero-order valence-corrected chi connectivity index (χ0v) is 20.6. The number of nitrogens with one attached hydrogen (secondary N) is 1. The highest BCUT2D eigenvalue weighted by molar-refractivity contribution is 7.98. The fourth-order valence-corrected chi connectivity index (χ4v) is 5.46. The van der Waals surface area contributed by atoms with Crippen molar-refractivity contribution in [2.45, 2.75) is 35.7 Å². The van der Waals surface area contributed by atoms with Crippen molar-refractivity contribution in [1.82, 2.24) is 14.3 Å². The number of fused-ring (bicyclic) bond motifs is 1. The SMILES string of the molecule is CC(C)N(C)S(=O)(=O)c1ccc(NC(=O)c2oc3ccccc3c2CSc2ncccn2)cc1. The van der Waals surface area contributed by atoms with Crippen molar-refractivity contribution in [1.29, 1.82) is 0 Å². The minimum Gasteiger partial charge on any atom is -0.451 e. The van der Waals surface area contributed by atoms with Gasteiger partial charge in [0.2, 0.25) is 10.0 Å². The van der Waals surface area contributed by atoms with Crippen molar-refractivity contribution in [2.24, 2.45) is 0 Å². The van der Waals surface area contributed by atoms with E-state index < -0.39 is 15.9 Å². The maximum atomic E-state index is 13.1. The van der Waals surface area contributed by atoms with Gasteiger partial charge in [-0.3, -0.25) is 4.79 Å². The molecular formula is C24H24N4O4S2. The lowest BCUT2D eigenvalue weighted by Crippen LogP contribution is -2.33. The number of sulfonamides is 1. The lowest BCUT2D eigenvalue weighted by atomic mass is 10.1. The average molecular weight is 497 g/mol. The number of amides is 1. The Labute approximate surface area is 202 Å². The number of furan rings is 1. The monoisotopic (exact) mass is 496 g/mol. The van der Waals surface area contributed by atoms with Gasteiger partial charge in [0, 0.05) is 47.9 Å². The van der Waals surface area contributed by atoms with Crippen LogP contribution >= 0.6 is 11.8 Å². The van der Waals surface area contributed by atoms with Gasteiger partial charge in [-0.1, -0.05) is 30.0 Å². The Hall–Kier alpha value is -3.21. The van der Waals surface area contributed by atoms with Gasteiger partial charge in [-0.05, 0) is 50.2 Å². The number of nitrogens with zero attached hydrogens (tertiary/aromatic N) is 3. The zero-order valence-electron chi connectivity index (χ0n) is 18.9. The first-order valence-electron chi connectivity index (χ1n) is 10.6. The fourth-order valence-electron chi connectivity index (χ4n) is 3.26. The minimum absolute atomic E-state index is 0.158. The maximum absolute atomic E-state index is 13.1. The van der Waals surface area contributed by atoms with Crippen LogP contribution in [0, 0.1) is 0 Å². The van der Waals surface area contributed by atoms with E-state index >= 15 is 0 Å². The summed E-state index contributed by atoms with van der Waals surface area (Å²) in [6.45, 7) is 3.61. The van der Waals surface area contributed by atoms with Gasteiger partial charge in [-0.2, -0.15) is 4.31 Å². The number of para-hydroxylation sites is 1. The molecule has 176 valence electrons. The smallest absolute Gasteiger partial charge is 0.291 e. The summed E-state index contributed by atoms with van der Waals surface area (Å²) >= 11 is 1.41. The molecule has 4 aromatic rings. The molecule has 10 heteroatoms. The topological polar surface area (TPSA) is 105 Å². The van der Waals surface area contributed by atoms with Crippen LogP contribution in [0.1, 0.15) is 30.0 Å². The maximum Gasteiger partial charge on any atom is 0.291 e. The first-order valence-corrected chi connectivity index (χ1v) is 13.0. The number of carbonyl (C=O) groups excluding carboxylic acids is 1. The molecule has 1 N–H and O–H groups in total. The Morgan fingerprint density at radius 2 is 1.74 bits per heavy atom. The lowest BCUT2D eigenvalue weighted by Gasteiger charge is -2.21. The molecule has 4 rings (SSSR count). The molecule has 0 fully saturated rings. The van der Waals surface area contributed by atoms with Crippen molar-refractivity contribution in [3.63, 3.8) is 0 Å². The van der Waals surface area contributed by atoms with Crippen LogP contribution in [0.15, 0.2) is 81.5 Å². The summed E-state index contributed by atoms with van der Waals surface area (Å²) in [6, 6.07) is 15.1. The third-order valence-corrected chi connectivity index (χ3v) is 8.26. The first-order chi connectivity index (χ1) is 16.3. The second-order valence-corrected chi connectivity index (χ2v) is 10.8. The molecular weight excluding hydrogens is 472 g/mol. The quantitative estimate of drug-likeness (QED) is 0.276. The van der Waals surface area contributed by atoms with Crippen LogP contribution in [0.25, 0.3) is 11.0 Å². The number of carbonyl (C=O) groups is 1. The van der Waals surface area contributed by atoms with Crippen LogP contribution in [-0.2, 0) is 15.8 Å². The van der Waals surface area contributed by atoms with Crippen LogP contribution in [0.5, 0.6) is 0 Å². The Balaban J connectivity index is 1.57. The molecule has 0 aliphatic rings. The molecule has 0 aliphatic heterocycles. The molecule has 0 saturated heterocycles. The molecule has 0 unspecified atom stereocenters. The summed E-state index contributed by atoms with van der Waals surface area (Å²) in [6.07, 6.45) is 3.33. The van der Waals surface area contributed by atoms with Crippen molar-refractivity contribution < 1.29 is 17.6 Å². The summed E-state index contributed by atoms with van der Waals surface area (Å²) in [5.41, 5.74) is 1.81. The van der Waals surface area contributed by atoms with Gasteiger partial charge < -0.3 is 9.73 Å². The number of hydrogen-bond donors (Lipinski definition) is 1. The molecule has 8 nitrogen and oxygen atoms in total. The predicted octanol–water partition coefficient (Wildman–Crippen LogP) is 4.80. The Morgan fingerprint density at radius 3 is 2.41 bits per heavy atom. The van der Waals surface area contributed by atoms with Gasteiger partial charge >= 0.3 is 0 Å². The van der Waals surface area contributed by atoms with Crippen LogP contribution < -0.4 is 5.32 Å². The van der Waals surface area contributed by atoms with Crippen molar-refractivity contribution in [3.8, 4) is 0 Å². The molecule has 2 heterocycles. The van der Waals surface area contributed by atoms with E-state index in [1.165, 1.54) is 35.2 Å². The van der Waals surface area contributed by atoms with Gasteiger partial charge in [-0.25, -0.2) is 18.4 Å². The molecule has 0 saturated carbocycles. The number of thioether (sulfide) groups is 1. The highest BCUT2D eigenvalue weighted by Crippen LogP contribution is 2.31. The number of rotatable bonds is 8. The van der Waals surface area contributed by atoms with E-state index in [4.69, 9.17) is 4.42 Å². The lowest BCUT2D eigenvalue weighted by molar-refractivity contribution is 0.0998. The molecule has 0 bridgehead atoms. The number of benzene rings is 2. The van der Waals surface area contributed by atoms with Crippen LogP contribution in [0.4, 0.5) is 5.69 Å². The van der Waals surface area contributed by atoms with Crippen molar-refractivity contribution >= 4 is 44.3 Å². The molecule has 2 aromatic heterocycles. The van der Waals surface area contributed by atoms with Crippen LogP contribution in [0.3, 0.4) is 0 Å². The van der Waals surface area contributed by atoms with Gasteiger partial charge in [0.25, 0.3) is 5.91 Å². The molecule has 34 heavy (non-hydrogen) atoms. The first kappa shape index (κ1) is 23.9. The second kappa shape index (κ2) is 9.96. The van der Waals surface area contributed by atoms with Gasteiger partial charge in [0.05, 0.1) is 4.90 Å².